The van der Waals surface area contributed by atoms with Crippen LogP contribution in [0.1, 0.15) is 28.3 Å². The molecule has 0 aromatic heterocycles. The number of anilines is 2. The summed E-state index contributed by atoms with van der Waals surface area (Å²) in [7, 11) is 0. The number of nitrogens with two attached hydrogens (primary N) is 1. The minimum atomic E-state index is -0.961. The van der Waals surface area contributed by atoms with E-state index in [1.807, 2.05) is 18.2 Å². The molecular weight excluding hydrogens is 252 g/mol. The van der Waals surface area contributed by atoms with Gasteiger partial charge in [-0.15, -0.1) is 0 Å². The summed E-state index contributed by atoms with van der Waals surface area (Å²) in [6.07, 6.45) is 1.02. The third-order valence-electron chi connectivity index (χ3n) is 3.63. The minimum Gasteiger partial charge on any atom is -0.478 e. The van der Waals surface area contributed by atoms with E-state index < -0.39 is 5.97 Å². The quantitative estimate of drug-likeness (QED) is 0.745. The van der Waals surface area contributed by atoms with Crippen molar-refractivity contribution in [3.05, 3.63) is 59.7 Å². The highest BCUT2D eigenvalue weighted by Crippen LogP contribution is 2.43. The summed E-state index contributed by atoms with van der Waals surface area (Å²) in [4.78, 5) is 11.2. The van der Waals surface area contributed by atoms with Gasteiger partial charge in [-0.05, 0) is 30.2 Å². The second kappa shape index (κ2) is 4.89. The molecule has 2 atom stereocenters. The molecule has 20 heavy (non-hydrogen) atoms. The largest absolute Gasteiger partial charge is 0.478 e. The van der Waals surface area contributed by atoms with Crippen LogP contribution in [0.3, 0.4) is 0 Å². The minimum absolute atomic E-state index is 0.226. The number of hydrogen-bond acceptors (Lipinski definition) is 3. The lowest BCUT2D eigenvalue weighted by molar-refractivity contribution is 0.0698. The monoisotopic (exact) mass is 268 g/mol. The molecule has 2 aromatic rings. The van der Waals surface area contributed by atoms with Gasteiger partial charge in [-0.2, -0.15) is 0 Å². The first-order chi connectivity index (χ1) is 9.65. The topological polar surface area (TPSA) is 75.3 Å². The first-order valence-corrected chi connectivity index (χ1v) is 6.59. The maximum Gasteiger partial charge on any atom is 0.337 e. The van der Waals surface area contributed by atoms with Gasteiger partial charge in [-0.3, -0.25) is 0 Å². The average molecular weight is 268 g/mol. The van der Waals surface area contributed by atoms with Crippen molar-refractivity contribution in [3.8, 4) is 0 Å². The summed E-state index contributed by atoms with van der Waals surface area (Å²) in [5.74, 6) is -0.507. The Balaban J connectivity index is 1.76. The van der Waals surface area contributed by atoms with E-state index in [2.05, 4.69) is 17.4 Å². The van der Waals surface area contributed by atoms with Crippen molar-refractivity contribution in [2.24, 2.45) is 0 Å². The number of carboxylic acids is 1. The molecule has 0 aliphatic heterocycles. The van der Waals surface area contributed by atoms with Gasteiger partial charge in [-0.1, -0.05) is 30.3 Å². The highest BCUT2D eigenvalue weighted by Gasteiger charge is 2.38. The van der Waals surface area contributed by atoms with Crippen molar-refractivity contribution in [1.29, 1.82) is 0 Å². The molecule has 0 spiro atoms. The SMILES string of the molecule is Nc1ccc(NC2CC2c2ccccc2)c(C(=O)O)c1. The highest BCUT2D eigenvalue weighted by molar-refractivity contribution is 5.95. The molecule has 0 saturated heterocycles. The van der Waals surface area contributed by atoms with Crippen LogP contribution >= 0.6 is 0 Å². The van der Waals surface area contributed by atoms with E-state index in [0.717, 1.165) is 6.42 Å². The van der Waals surface area contributed by atoms with Crippen molar-refractivity contribution in [1.82, 2.24) is 0 Å². The fraction of sp³-hybridized carbons (Fsp3) is 0.188. The molecule has 0 bridgehead atoms. The van der Waals surface area contributed by atoms with Crippen molar-refractivity contribution >= 4 is 17.3 Å². The Morgan fingerprint density at radius 2 is 1.95 bits per heavy atom. The van der Waals surface area contributed by atoms with E-state index in [4.69, 9.17) is 5.73 Å². The molecule has 1 aliphatic rings. The standard InChI is InChI=1S/C16H16N2O2/c17-11-6-7-14(13(8-11)16(19)20)18-15-9-12(15)10-4-2-1-3-5-10/h1-8,12,15,18H,9,17H2,(H,19,20). The molecule has 102 valence electrons. The van der Waals surface area contributed by atoms with Crippen LogP contribution in [0, 0.1) is 0 Å². The summed E-state index contributed by atoms with van der Waals surface area (Å²) in [5, 5.41) is 12.5. The van der Waals surface area contributed by atoms with E-state index in [1.54, 1.807) is 12.1 Å². The van der Waals surface area contributed by atoms with Crippen molar-refractivity contribution in [2.75, 3.05) is 11.1 Å². The summed E-state index contributed by atoms with van der Waals surface area (Å²) in [6, 6.07) is 15.5. The molecule has 4 heteroatoms. The Bertz CT molecular complexity index is 640. The fourth-order valence-electron chi connectivity index (χ4n) is 2.49. The van der Waals surface area contributed by atoms with Crippen LogP contribution in [0.4, 0.5) is 11.4 Å². The lowest BCUT2D eigenvalue weighted by Crippen LogP contribution is -2.10. The predicted molar refractivity (Wildman–Crippen MR) is 79.0 cm³/mol. The van der Waals surface area contributed by atoms with Crippen LogP contribution < -0.4 is 11.1 Å². The molecule has 1 saturated carbocycles. The van der Waals surface area contributed by atoms with Crippen molar-refractivity contribution < 1.29 is 9.90 Å². The molecule has 1 fully saturated rings. The summed E-state index contributed by atoms with van der Waals surface area (Å²) in [5.41, 5.74) is 8.25. The predicted octanol–water partition coefficient (Wildman–Crippen LogP) is 2.94. The zero-order valence-electron chi connectivity index (χ0n) is 10.9. The maximum atomic E-state index is 11.2. The normalized spacial score (nSPS) is 20.4. The van der Waals surface area contributed by atoms with Crippen LogP contribution in [-0.2, 0) is 0 Å². The lowest BCUT2D eigenvalue weighted by atomic mass is 10.1. The maximum absolute atomic E-state index is 11.2. The molecule has 3 rings (SSSR count). The molecule has 0 amide bonds. The van der Waals surface area contributed by atoms with Gasteiger partial charge in [0.25, 0.3) is 0 Å². The Morgan fingerprint density at radius 3 is 2.65 bits per heavy atom. The second-order valence-electron chi connectivity index (χ2n) is 5.11. The van der Waals surface area contributed by atoms with Gasteiger partial charge in [0.05, 0.1) is 5.56 Å². The van der Waals surface area contributed by atoms with Gasteiger partial charge in [0, 0.05) is 23.3 Å². The number of aromatic carboxylic acids is 1. The van der Waals surface area contributed by atoms with Crippen LogP contribution in [0.25, 0.3) is 0 Å². The molecular formula is C16H16N2O2. The van der Waals surface area contributed by atoms with Crippen molar-refractivity contribution in [2.45, 2.75) is 18.4 Å². The molecule has 4 N–H and O–H groups in total. The van der Waals surface area contributed by atoms with E-state index in [0.29, 0.717) is 23.3 Å². The first kappa shape index (κ1) is 12.5. The van der Waals surface area contributed by atoms with Gasteiger partial charge in [0.1, 0.15) is 0 Å². The van der Waals surface area contributed by atoms with Crippen LogP contribution in [-0.4, -0.2) is 17.1 Å². The van der Waals surface area contributed by atoms with Crippen LogP contribution in [0.2, 0.25) is 0 Å². The third-order valence-corrected chi connectivity index (χ3v) is 3.63. The molecule has 0 heterocycles. The Morgan fingerprint density at radius 1 is 1.20 bits per heavy atom. The van der Waals surface area contributed by atoms with Gasteiger partial charge in [-0.25, -0.2) is 4.79 Å². The van der Waals surface area contributed by atoms with Crippen LogP contribution in [0.5, 0.6) is 0 Å². The molecule has 2 aromatic carbocycles. The number of nitrogens with one attached hydrogen (secondary N) is 1. The Hall–Kier alpha value is -2.49. The fourth-order valence-corrected chi connectivity index (χ4v) is 2.49. The smallest absolute Gasteiger partial charge is 0.337 e. The van der Waals surface area contributed by atoms with E-state index in [1.165, 1.54) is 11.6 Å². The number of rotatable bonds is 4. The number of carboxylic acid groups (broad SMARTS) is 1. The number of benzene rings is 2. The Kier molecular flexibility index (Phi) is 3.06. The molecule has 0 radical (unpaired) electrons. The van der Waals surface area contributed by atoms with E-state index in [9.17, 15) is 9.90 Å². The second-order valence-corrected chi connectivity index (χ2v) is 5.11. The zero-order valence-corrected chi connectivity index (χ0v) is 10.9. The number of hydrogen-bond donors (Lipinski definition) is 3. The van der Waals surface area contributed by atoms with Gasteiger partial charge in [0.15, 0.2) is 0 Å². The third kappa shape index (κ3) is 2.45. The van der Waals surface area contributed by atoms with E-state index >= 15 is 0 Å². The first-order valence-electron chi connectivity index (χ1n) is 6.59. The average Bonchev–Trinajstić information content (AvgIpc) is 3.21. The Labute approximate surface area is 117 Å². The summed E-state index contributed by atoms with van der Waals surface area (Å²) < 4.78 is 0. The summed E-state index contributed by atoms with van der Waals surface area (Å²) in [6.45, 7) is 0. The lowest BCUT2D eigenvalue weighted by Gasteiger charge is -2.10. The molecule has 1 aliphatic carbocycles. The van der Waals surface area contributed by atoms with Gasteiger partial charge < -0.3 is 16.2 Å². The van der Waals surface area contributed by atoms with Crippen LogP contribution in [0.15, 0.2) is 48.5 Å². The number of carbonyl (C=O) groups is 1. The van der Waals surface area contributed by atoms with E-state index in [-0.39, 0.29) is 5.56 Å². The molecule has 4 nitrogen and oxygen atoms in total. The summed E-state index contributed by atoms with van der Waals surface area (Å²) >= 11 is 0. The number of nitrogen functional groups attached to an aromatic ring is 1. The van der Waals surface area contributed by atoms with Crippen molar-refractivity contribution in [3.63, 3.8) is 0 Å². The van der Waals surface area contributed by atoms with Gasteiger partial charge in [0.2, 0.25) is 0 Å². The molecule has 2 unspecified atom stereocenters. The highest BCUT2D eigenvalue weighted by atomic mass is 16.4. The van der Waals surface area contributed by atoms with Gasteiger partial charge >= 0.3 is 5.97 Å². The zero-order chi connectivity index (χ0) is 14.1.